The van der Waals surface area contributed by atoms with Crippen molar-refractivity contribution in [2.24, 2.45) is 0 Å². The number of hydrogen-bond donors (Lipinski definition) is 1. The number of ether oxygens (including phenoxy) is 1. The number of carboxylic acids is 1. The number of benzene rings is 1. The molecule has 0 fully saturated rings. The van der Waals surface area contributed by atoms with Crippen molar-refractivity contribution >= 4 is 16.9 Å². The highest BCUT2D eigenvalue weighted by molar-refractivity contribution is 5.90. The van der Waals surface area contributed by atoms with Crippen molar-refractivity contribution in [1.82, 2.24) is 0 Å². The molecule has 4 heteroatoms. The van der Waals surface area contributed by atoms with Gasteiger partial charge in [-0.2, -0.15) is 0 Å². The first-order valence-electron chi connectivity index (χ1n) is 4.89. The molecule has 0 atom stereocenters. The lowest BCUT2D eigenvalue weighted by atomic mass is 10.1. The molecule has 0 saturated carbocycles. The number of furan rings is 1. The summed E-state index contributed by atoms with van der Waals surface area (Å²) >= 11 is 0. The zero-order chi connectivity index (χ0) is 11.7. The van der Waals surface area contributed by atoms with E-state index >= 15 is 0 Å². The Labute approximate surface area is 92.4 Å². The number of carboxylic acid groups (broad SMARTS) is 1. The van der Waals surface area contributed by atoms with Crippen molar-refractivity contribution < 1.29 is 19.1 Å². The van der Waals surface area contributed by atoms with E-state index in [1.165, 1.54) is 6.26 Å². The third-order valence-electron chi connectivity index (χ3n) is 2.52. The normalized spacial score (nSPS) is 10.6. The molecule has 84 valence electrons. The van der Waals surface area contributed by atoms with E-state index in [1.807, 2.05) is 19.1 Å². The molecule has 0 bridgehead atoms. The average Bonchev–Trinajstić information content (AvgIpc) is 2.60. The maximum Gasteiger partial charge on any atom is 0.307 e. The molecule has 0 radical (unpaired) electrons. The molecule has 2 rings (SSSR count). The smallest absolute Gasteiger partial charge is 0.307 e. The van der Waals surface area contributed by atoms with Gasteiger partial charge in [0, 0.05) is 10.9 Å². The van der Waals surface area contributed by atoms with Crippen LogP contribution in [0.15, 0.2) is 22.8 Å². The lowest BCUT2D eigenvalue weighted by Crippen LogP contribution is -1.98. The van der Waals surface area contributed by atoms with Crippen LogP contribution in [-0.4, -0.2) is 18.2 Å². The van der Waals surface area contributed by atoms with Gasteiger partial charge in [0.15, 0.2) is 11.3 Å². The molecule has 1 aromatic carbocycles. The van der Waals surface area contributed by atoms with Gasteiger partial charge in [0.2, 0.25) is 0 Å². The number of carbonyl (C=O) groups is 1. The van der Waals surface area contributed by atoms with E-state index in [9.17, 15) is 4.79 Å². The summed E-state index contributed by atoms with van der Waals surface area (Å²) in [5.41, 5.74) is 2.24. The van der Waals surface area contributed by atoms with Crippen LogP contribution in [0.1, 0.15) is 11.1 Å². The fourth-order valence-corrected chi connectivity index (χ4v) is 1.78. The highest BCUT2D eigenvalue weighted by atomic mass is 16.5. The fraction of sp³-hybridized carbons (Fsp3) is 0.250. The van der Waals surface area contributed by atoms with E-state index in [0.29, 0.717) is 16.9 Å². The number of hydrogen-bond acceptors (Lipinski definition) is 3. The maximum absolute atomic E-state index is 10.7. The van der Waals surface area contributed by atoms with Gasteiger partial charge in [-0.15, -0.1) is 0 Å². The molecule has 0 aliphatic carbocycles. The SMILES string of the molecule is COc1c(C)ccc2c(CC(=O)O)coc12. The third-order valence-corrected chi connectivity index (χ3v) is 2.52. The minimum Gasteiger partial charge on any atom is -0.493 e. The number of aryl methyl sites for hydroxylation is 1. The Balaban J connectivity index is 2.61. The van der Waals surface area contributed by atoms with Crippen LogP contribution in [0.3, 0.4) is 0 Å². The second-order valence-electron chi connectivity index (χ2n) is 3.62. The summed E-state index contributed by atoms with van der Waals surface area (Å²) in [4.78, 5) is 10.7. The van der Waals surface area contributed by atoms with Crippen LogP contribution >= 0.6 is 0 Å². The standard InChI is InChI=1S/C12H12O4/c1-7-3-4-9-8(5-10(13)14)6-16-12(9)11(7)15-2/h3-4,6H,5H2,1-2H3,(H,13,14). The second kappa shape index (κ2) is 3.89. The molecule has 16 heavy (non-hydrogen) atoms. The summed E-state index contributed by atoms with van der Waals surface area (Å²) in [5, 5.41) is 9.55. The Morgan fingerprint density at radius 3 is 2.88 bits per heavy atom. The zero-order valence-corrected chi connectivity index (χ0v) is 9.11. The van der Waals surface area contributed by atoms with E-state index in [-0.39, 0.29) is 6.42 Å². The topological polar surface area (TPSA) is 59.7 Å². The highest BCUT2D eigenvalue weighted by Crippen LogP contribution is 2.32. The number of aliphatic carboxylic acids is 1. The minimum absolute atomic E-state index is 0.0424. The quantitative estimate of drug-likeness (QED) is 0.862. The molecule has 0 aliphatic heterocycles. The fourth-order valence-electron chi connectivity index (χ4n) is 1.78. The highest BCUT2D eigenvalue weighted by Gasteiger charge is 2.14. The van der Waals surface area contributed by atoms with Gasteiger partial charge in [0.1, 0.15) is 0 Å². The van der Waals surface area contributed by atoms with Gasteiger partial charge < -0.3 is 14.3 Å². The van der Waals surface area contributed by atoms with E-state index < -0.39 is 5.97 Å². The molecule has 4 nitrogen and oxygen atoms in total. The van der Waals surface area contributed by atoms with Crippen molar-refractivity contribution in [3.05, 3.63) is 29.5 Å². The average molecular weight is 220 g/mol. The monoisotopic (exact) mass is 220 g/mol. The number of rotatable bonds is 3. The molecular formula is C12H12O4. The summed E-state index contributed by atoms with van der Waals surface area (Å²) in [6.07, 6.45) is 1.43. The molecule has 2 aromatic rings. The Morgan fingerprint density at radius 1 is 1.50 bits per heavy atom. The third kappa shape index (κ3) is 1.62. The molecule has 0 spiro atoms. The first-order valence-corrected chi connectivity index (χ1v) is 4.89. The van der Waals surface area contributed by atoms with Crippen LogP contribution in [0.2, 0.25) is 0 Å². The van der Waals surface area contributed by atoms with Gasteiger partial charge in [-0.3, -0.25) is 4.79 Å². The van der Waals surface area contributed by atoms with Gasteiger partial charge >= 0.3 is 5.97 Å². The van der Waals surface area contributed by atoms with E-state index in [2.05, 4.69) is 0 Å². The lowest BCUT2D eigenvalue weighted by molar-refractivity contribution is -0.136. The van der Waals surface area contributed by atoms with Crippen molar-refractivity contribution in [3.63, 3.8) is 0 Å². The van der Waals surface area contributed by atoms with Crippen LogP contribution in [-0.2, 0) is 11.2 Å². The Bertz CT molecular complexity index is 539. The maximum atomic E-state index is 10.7. The van der Waals surface area contributed by atoms with Gasteiger partial charge in [-0.25, -0.2) is 0 Å². The van der Waals surface area contributed by atoms with E-state index in [4.69, 9.17) is 14.3 Å². The Morgan fingerprint density at radius 2 is 2.25 bits per heavy atom. The van der Waals surface area contributed by atoms with E-state index in [1.54, 1.807) is 7.11 Å². The van der Waals surface area contributed by atoms with Crippen molar-refractivity contribution in [3.8, 4) is 5.75 Å². The van der Waals surface area contributed by atoms with Crippen LogP contribution in [0.4, 0.5) is 0 Å². The van der Waals surface area contributed by atoms with Crippen LogP contribution in [0, 0.1) is 6.92 Å². The van der Waals surface area contributed by atoms with Crippen LogP contribution in [0.5, 0.6) is 5.75 Å². The molecule has 0 saturated heterocycles. The van der Waals surface area contributed by atoms with Crippen LogP contribution < -0.4 is 4.74 Å². The summed E-state index contributed by atoms with van der Waals surface area (Å²) in [6, 6.07) is 3.75. The lowest BCUT2D eigenvalue weighted by Gasteiger charge is -2.04. The van der Waals surface area contributed by atoms with Gasteiger partial charge in [0.25, 0.3) is 0 Å². The predicted molar refractivity (Wildman–Crippen MR) is 58.8 cm³/mol. The molecule has 0 aliphatic rings. The van der Waals surface area contributed by atoms with Gasteiger partial charge in [-0.05, 0) is 12.5 Å². The van der Waals surface area contributed by atoms with Gasteiger partial charge in [0.05, 0.1) is 19.8 Å². The zero-order valence-electron chi connectivity index (χ0n) is 9.11. The summed E-state index contributed by atoms with van der Waals surface area (Å²) in [5.74, 6) is -0.212. The molecule has 1 N–H and O–H groups in total. The van der Waals surface area contributed by atoms with Gasteiger partial charge in [-0.1, -0.05) is 12.1 Å². The van der Waals surface area contributed by atoms with Crippen molar-refractivity contribution in [2.75, 3.05) is 7.11 Å². The van der Waals surface area contributed by atoms with Crippen molar-refractivity contribution in [1.29, 1.82) is 0 Å². The van der Waals surface area contributed by atoms with Crippen LogP contribution in [0.25, 0.3) is 11.0 Å². The first kappa shape index (κ1) is 10.5. The summed E-state index contributed by atoms with van der Waals surface area (Å²) in [7, 11) is 1.57. The molecular weight excluding hydrogens is 208 g/mol. The van der Waals surface area contributed by atoms with Crippen molar-refractivity contribution in [2.45, 2.75) is 13.3 Å². The summed E-state index contributed by atoms with van der Waals surface area (Å²) in [6.45, 7) is 1.91. The summed E-state index contributed by atoms with van der Waals surface area (Å²) < 4.78 is 10.6. The minimum atomic E-state index is -0.873. The molecule has 1 aromatic heterocycles. The molecule has 0 amide bonds. The first-order chi connectivity index (χ1) is 7.63. The largest absolute Gasteiger partial charge is 0.493 e. The Hall–Kier alpha value is -1.97. The number of fused-ring (bicyclic) bond motifs is 1. The second-order valence-corrected chi connectivity index (χ2v) is 3.62. The molecule has 1 heterocycles. The number of methoxy groups -OCH3 is 1. The van der Waals surface area contributed by atoms with E-state index in [0.717, 1.165) is 10.9 Å². The predicted octanol–water partition coefficient (Wildman–Crippen LogP) is 2.38. The molecule has 0 unspecified atom stereocenters. The Kier molecular flexibility index (Phi) is 2.56.